The highest BCUT2D eigenvalue weighted by molar-refractivity contribution is 5.96. The van der Waals surface area contributed by atoms with Gasteiger partial charge < -0.3 is 13.9 Å². The molecule has 0 spiro atoms. The molecule has 2 aliphatic carbocycles. The molecule has 3 aromatic carbocycles. The molecule has 3 heterocycles. The van der Waals surface area contributed by atoms with E-state index in [0.29, 0.717) is 27.9 Å². The Bertz CT molecular complexity index is 2070. The summed E-state index contributed by atoms with van der Waals surface area (Å²) >= 11 is 0. The van der Waals surface area contributed by atoms with Crippen LogP contribution in [0.5, 0.6) is 0 Å². The van der Waals surface area contributed by atoms with E-state index in [4.69, 9.17) is 4.42 Å². The number of rotatable bonds is 3. The van der Waals surface area contributed by atoms with Gasteiger partial charge in [0.2, 0.25) is 5.43 Å². The Kier molecular flexibility index (Phi) is 5.33. The van der Waals surface area contributed by atoms with Crippen molar-refractivity contribution in [2.45, 2.75) is 38.6 Å². The third-order valence-electron chi connectivity index (χ3n) is 8.90. The Morgan fingerprint density at radius 2 is 1.80 bits per heavy atom. The van der Waals surface area contributed by atoms with Gasteiger partial charge in [-0.3, -0.25) is 4.79 Å². The Balaban J connectivity index is 1.32. The molecule has 2 atom stereocenters. The average Bonchev–Trinajstić information content (AvgIpc) is 3.48. The van der Waals surface area contributed by atoms with E-state index in [9.17, 15) is 4.79 Å². The number of anilines is 2. The van der Waals surface area contributed by atoms with Crippen molar-refractivity contribution in [1.82, 2.24) is 4.57 Å². The third-order valence-corrected chi connectivity index (χ3v) is 8.90. The van der Waals surface area contributed by atoms with Crippen molar-refractivity contribution in [1.29, 1.82) is 0 Å². The zero-order chi connectivity index (χ0) is 27.7. The molecule has 4 heteroatoms. The van der Waals surface area contributed by atoms with Crippen LogP contribution >= 0.6 is 0 Å². The zero-order valence-corrected chi connectivity index (χ0v) is 23.2. The van der Waals surface area contributed by atoms with E-state index in [1.165, 1.54) is 28.1 Å². The molecule has 0 saturated carbocycles. The summed E-state index contributed by atoms with van der Waals surface area (Å²) in [7, 11) is 0. The summed E-state index contributed by atoms with van der Waals surface area (Å²) in [6, 6.07) is 20.8. The van der Waals surface area contributed by atoms with E-state index in [0.717, 1.165) is 29.9 Å². The number of para-hydroxylation sites is 1. The lowest BCUT2D eigenvalue weighted by molar-refractivity contribution is 0.659. The molecular formula is C37H30N2O2. The Labute approximate surface area is 238 Å². The summed E-state index contributed by atoms with van der Waals surface area (Å²) in [5, 5.41) is 1.23. The summed E-state index contributed by atoms with van der Waals surface area (Å²) in [6.07, 6.45) is 19.4. The van der Waals surface area contributed by atoms with Crippen molar-refractivity contribution in [2.24, 2.45) is 0 Å². The zero-order valence-electron chi connectivity index (χ0n) is 23.2. The number of hydrogen-bond donors (Lipinski definition) is 0. The van der Waals surface area contributed by atoms with Gasteiger partial charge >= 0.3 is 0 Å². The monoisotopic (exact) mass is 534 g/mol. The lowest BCUT2D eigenvalue weighted by atomic mass is 9.91. The first kappa shape index (κ1) is 24.0. The number of nitrogens with zero attached hydrogens (tertiary/aromatic N) is 2. The summed E-state index contributed by atoms with van der Waals surface area (Å²) in [5.74, 6) is 0.302. The molecule has 0 amide bonds. The van der Waals surface area contributed by atoms with E-state index in [-0.39, 0.29) is 11.5 Å². The maximum absolute atomic E-state index is 14.2. The molecule has 2 aromatic heterocycles. The Morgan fingerprint density at radius 1 is 0.951 bits per heavy atom. The number of allylic oxidation sites excluding steroid dienone is 4. The number of aromatic nitrogens is 1. The standard InChI is InChI=1S/C37H30N2O2/c1-3-11-25-23(2)38(30-15-7-4-12-26(25)30)33-18-10-19-34-36(33)37(40)29-21-20-24(22-35(29)41-34)39-31-16-8-5-13-27(31)28-14-6-9-17-32(28)39/h3-6,8-14,16-22,27,31H,7,15H2,1-2H3/b11-3-/t27-,31?/m1/s1. The van der Waals surface area contributed by atoms with Crippen molar-refractivity contribution in [2.75, 3.05) is 4.90 Å². The predicted octanol–water partition coefficient (Wildman–Crippen LogP) is 8.77. The fraction of sp³-hybridized carbons (Fsp3) is 0.162. The van der Waals surface area contributed by atoms with Crippen LogP contribution in [0.25, 0.3) is 39.8 Å². The first-order chi connectivity index (χ1) is 20.2. The first-order valence-corrected chi connectivity index (χ1v) is 14.4. The lowest BCUT2D eigenvalue weighted by Gasteiger charge is -2.28. The molecule has 4 nitrogen and oxygen atoms in total. The van der Waals surface area contributed by atoms with Gasteiger partial charge in [-0.15, -0.1) is 0 Å². The van der Waals surface area contributed by atoms with Crippen LogP contribution in [-0.4, -0.2) is 10.6 Å². The van der Waals surface area contributed by atoms with Crippen LogP contribution in [0.4, 0.5) is 11.4 Å². The van der Waals surface area contributed by atoms with Crippen molar-refractivity contribution >= 4 is 45.5 Å². The molecule has 0 saturated heterocycles. The van der Waals surface area contributed by atoms with Crippen LogP contribution < -0.4 is 10.3 Å². The number of hydrogen-bond acceptors (Lipinski definition) is 3. The number of fused-ring (bicyclic) bond motifs is 6. The molecule has 0 bridgehead atoms. The number of benzene rings is 3. The van der Waals surface area contributed by atoms with Gasteiger partial charge in [0.25, 0.3) is 0 Å². The van der Waals surface area contributed by atoms with Gasteiger partial charge in [-0.05, 0) is 62.6 Å². The van der Waals surface area contributed by atoms with Crippen molar-refractivity contribution in [3.8, 4) is 5.69 Å². The fourth-order valence-electron chi connectivity index (χ4n) is 7.15. The second kappa shape index (κ2) is 9.10. The topological polar surface area (TPSA) is 38.4 Å². The molecule has 0 N–H and O–H groups in total. The molecular weight excluding hydrogens is 504 g/mol. The van der Waals surface area contributed by atoms with Crippen molar-refractivity contribution < 1.29 is 4.42 Å². The van der Waals surface area contributed by atoms with E-state index in [1.54, 1.807) is 0 Å². The second-order valence-electron chi connectivity index (χ2n) is 11.1. The van der Waals surface area contributed by atoms with Gasteiger partial charge in [0.15, 0.2) is 0 Å². The van der Waals surface area contributed by atoms with Crippen LogP contribution in [0.3, 0.4) is 0 Å². The van der Waals surface area contributed by atoms with Gasteiger partial charge in [0.05, 0.1) is 22.5 Å². The van der Waals surface area contributed by atoms with Gasteiger partial charge in [0, 0.05) is 45.9 Å². The third kappa shape index (κ3) is 3.43. The molecule has 200 valence electrons. The van der Waals surface area contributed by atoms with Crippen LogP contribution in [-0.2, 0) is 6.42 Å². The molecule has 5 aromatic rings. The highest BCUT2D eigenvalue weighted by Crippen LogP contribution is 2.47. The Morgan fingerprint density at radius 3 is 2.71 bits per heavy atom. The van der Waals surface area contributed by atoms with E-state index >= 15 is 0 Å². The van der Waals surface area contributed by atoms with Crippen LogP contribution in [0.15, 0.2) is 106 Å². The van der Waals surface area contributed by atoms with Crippen LogP contribution in [0.1, 0.15) is 47.3 Å². The highest BCUT2D eigenvalue weighted by atomic mass is 16.3. The minimum Gasteiger partial charge on any atom is -0.456 e. The average molecular weight is 535 g/mol. The van der Waals surface area contributed by atoms with Gasteiger partial charge in [-0.2, -0.15) is 0 Å². The second-order valence-corrected chi connectivity index (χ2v) is 11.1. The molecule has 8 rings (SSSR count). The molecule has 1 unspecified atom stereocenters. The Hall–Kier alpha value is -4.83. The molecule has 1 aliphatic heterocycles. The van der Waals surface area contributed by atoms with Gasteiger partial charge in [0.1, 0.15) is 11.2 Å². The van der Waals surface area contributed by atoms with Crippen molar-refractivity contribution in [3.63, 3.8) is 0 Å². The van der Waals surface area contributed by atoms with Crippen LogP contribution in [0.2, 0.25) is 0 Å². The molecule has 0 fully saturated rings. The summed E-state index contributed by atoms with van der Waals surface area (Å²) in [6.45, 7) is 4.19. The van der Waals surface area contributed by atoms with E-state index in [2.05, 4.69) is 101 Å². The maximum atomic E-state index is 14.2. The lowest BCUT2D eigenvalue weighted by Crippen LogP contribution is -2.28. The van der Waals surface area contributed by atoms with Gasteiger partial charge in [-0.1, -0.05) is 72.9 Å². The minimum atomic E-state index is 0.00405. The van der Waals surface area contributed by atoms with E-state index in [1.807, 2.05) is 31.2 Å². The first-order valence-electron chi connectivity index (χ1n) is 14.4. The maximum Gasteiger partial charge on any atom is 0.202 e. The van der Waals surface area contributed by atoms with E-state index < -0.39 is 0 Å². The SMILES string of the molecule is C/C=C\c1c2c(n(-c3cccc4oc5cc(N6c7ccccc7[C@H]7C=CC=CC76)ccc5c(=O)c34)c1C)CCC=C2. The minimum absolute atomic E-state index is 0.00405. The fourth-order valence-corrected chi connectivity index (χ4v) is 7.15. The molecule has 41 heavy (non-hydrogen) atoms. The highest BCUT2D eigenvalue weighted by Gasteiger charge is 2.37. The smallest absolute Gasteiger partial charge is 0.202 e. The normalized spacial score (nSPS) is 18.9. The summed E-state index contributed by atoms with van der Waals surface area (Å²) in [4.78, 5) is 16.6. The summed E-state index contributed by atoms with van der Waals surface area (Å²) < 4.78 is 8.83. The van der Waals surface area contributed by atoms with Crippen molar-refractivity contribution in [3.05, 3.63) is 135 Å². The van der Waals surface area contributed by atoms with Gasteiger partial charge in [-0.25, -0.2) is 0 Å². The van der Waals surface area contributed by atoms with Crippen LogP contribution in [0, 0.1) is 6.92 Å². The summed E-state index contributed by atoms with van der Waals surface area (Å²) in [5.41, 5.74) is 10.5. The quantitative estimate of drug-likeness (QED) is 0.217. The predicted molar refractivity (Wildman–Crippen MR) is 170 cm³/mol. The molecule has 3 aliphatic rings. The largest absolute Gasteiger partial charge is 0.456 e. The molecule has 0 radical (unpaired) electrons.